The molecule has 1 fully saturated rings. The number of rotatable bonds is 3. The van der Waals surface area contributed by atoms with Crippen LogP contribution in [0.2, 0.25) is 0 Å². The molecule has 0 bridgehead atoms. The fourth-order valence-electron chi connectivity index (χ4n) is 2.79. The number of morpholine rings is 1. The van der Waals surface area contributed by atoms with E-state index in [1.165, 1.54) is 0 Å². The van der Waals surface area contributed by atoms with E-state index < -0.39 is 0 Å². The van der Waals surface area contributed by atoms with E-state index in [0.29, 0.717) is 61.1 Å². The molecule has 124 valence electrons. The molecule has 1 aromatic carbocycles. The lowest BCUT2D eigenvalue weighted by Crippen LogP contribution is -2.40. The summed E-state index contributed by atoms with van der Waals surface area (Å²) in [6.07, 6.45) is 2.27. The normalized spacial score (nSPS) is 15.1. The average molecular weight is 327 g/mol. The van der Waals surface area contributed by atoms with Crippen molar-refractivity contribution in [2.75, 3.05) is 26.3 Å². The summed E-state index contributed by atoms with van der Waals surface area (Å²) >= 11 is 0. The summed E-state index contributed by atoms with van der Waals surface area (Å²) in [5.74, 6) is 0.628. The third kappa shape index (κ3) is 2.56. The van der Waals surface area contributed by atoms with Crippen molar-refractivity contribution >= 4 is 16.9 Å². The number of nitrogens with zero attached hydrogens (tertiary/aromatic N) is 3. The van der Waals surface area contributed by atoms with Crippen molar-refractivity contribution < 1.29 is 18.5 Å². The minimum atomic E-state index is -0.0123. The number of oxazole rings is 1. The van der Waals surface area contributed by atoms with Gasteiger partial charge in [-0.15, -0.1) is 0 Å². The maximum Gasteiger partial charge on any atom is 0.254 e. The van der Waals surface area contributed by atoms with Crippen molar-refractivity contribution in [1.82, 2.24) is 15.0 Å². The summed E-state index contributed by atoms with van der Waals surface area (Å²) in [5.41, 5.74) is 2.42. The van der Waals surface area contributed by atoms with Crippen LogP contribution in [0.15, 0.2) is 33.4 Å². The quantitative estimate of drug-likeness (QED) is 0.735. The largest absolute Gasteiger partial charge is 0.448 e. The second kappa shape index (κ2) is 6.09. The summed E-state index contributed by atoms with van der Waals surface area (Å²) in [5, 5.41) is 4.84. The maximum absolute atomic E-state index is 12.6. The molecular formula is C17H17N3O4. The number of fused-ring (bicyclic) bond motifs is 1. The molecule has 1 amide bonds. The molecule has 1 saturated heterocycles. The van der Waals surface area contributed by atoms with Gasteiger partial charge < -0.3 is 18.6 Å². The van der Waals surface area contributed by atoms with Gasteiger partial charge in [0, 0.05) is 25.1 Å². The Kier molecular flexibility index (Phi) is 3.78. The third-order valence-corrected chi connectivity index (χ3v) is 4.11. The van der Waals surface area contributed by atoms with Gasteiger partial charge in [0.25, 0.3) is 5.91 Å². The van der Waals surface area contributed by atoms with Crippen molar-refractivity contribution in [3.05, 3.63) is 35.9 Å². The highest BCUT2D eigenvalue weighted by molar-refractivity contribution is 6.00. The first-order chi connectivity index (χ1) is 11.8. The third-order valence-electron chi connectivity index (χ3n) is 4.11. The highest BCUT2D eigenvalue weighted by atomic mass is 16.5. The summed E-state index contributed by atoms with van der Waals surface area (Å²) in [7, 11) is 0. The topological polar surface area (TPSA) is 81.6 Å². The van der Waals surface area contributed by atoms with E-state index in [-0.39, 0.29) is 5.91 Å². The molecule has 0 aliphatic carbocycles. The summed E-state index contributed by atoms with van der Waals surface area (Å²) in [4.78, 5) is 18.8. The van der Waals surface area contributed by atoms with E-state index in [9.17, 15) is 4.79 Å². The Hall–Kier alpha value is -2.67. The van der Waals surface area contributed by atoms with Crippen molar-refractivity contribution in [3.63, 3.8) is 0 Å². The van der Waals surface area contributed by atoms with Crippen molar-refractivity contribution in [1.29, 1.82) is 0 Å². The Labute approximate surface area is 138 Å². The number of benzene rings is 1. The van der Waals surface area contributed by atoms with Crippen LogP contribution in [0.1, 0.15) is 23.2 Å². The molecule has 2 aromatic heterocycles. The molecular weight excluding hydrogens is 310 g/mol. The standard InChI is InChI=1S/C17H17N3O4/c1-2-15-18-13(10-23-15)16-12-9-11(3-4-14(12)24-19-16)17(21)20-5-7-22-8-6-20/h3-4,9-10H,2,5-8H2,1H3. The first-order valence-electron chi connectivity index (χ1n) is 7.97. The van der Waals surface area contributed by atoms with Gasteiger partial charge in [0.1, 0.15) is 17.7 Å². The van der Waals surface area contributed by atoms with Crippen LogP contribution in [0, 0.1) is 0 Å². The number of hydrogen-bond acceptors (Lipinski definition) is 6. The van der Waals surface area contributed by atoms with Gasteiger partial charge in [-0.2, -0.15) is 0 Å². The van der Waals surface area contributed by atoms with Crippen LogP contribution < -0.4 is 0 Å². The van der Waals surface area contributed by atoms with E-state index in [0.717, 1.165) is 5.39 Å². The Balaban J connectivity index is 1.71. The minimum Gasteiger partial charge on any atom is -0.448 e. The highest BCUT2D eigenvalue weighted by Crippen LogP contribution is 2.28. The van der Waals surface area contributed by atoms with Crippen molar-refractivity contribution in [2.45, 2.75) is 13.3 Å². The first-order valence-corrected chi connectivity index (χ1v) is 7.97. The smallest absolute Gasteiger partial charge is 0.254 e. The zero-order chi connectivity index (χ0) is 16.5. The van der Waals surface area contributed by atoms with E-state index in [1.54, 1.807) is 29.4 Å². The second-order valence-electron chi connectivity index (χ2n) is 5.63. The zero-order valence-corrected chi connectivity index (χ0v) is 13.3. The van der Waals surface area contributed by atoms with Crippen molar-refractivity contribution in [2.24, 2.45) is 0 Å². The van der Waals surface area contributed by atoms with E-state index in [1.807, 2.05) is 6.92 Å². The number of hydrogen-bond donors (Lipinski definition) is 0. The van der Waals surface area contributed by atoms with Gasteiger partial charge in [0.15, 0.2) is 11.5 Å². The molecule has 4 rings (SSSR count). The van der Waals surface area contributed by atoms with Gasteiger partial charge in [-0.05, 0) is 18.2 Å². The SMILES string of the molecule is CCc1nc(-c2noc3ccc(C(=O)N4CCOCC4)cc23)co1. The van der Waals surface area contributed by atoms with Crippen LogP contribution in [-0.2, 0) is 11.2 Å². The Bertz CT molecular complexity index is 877. The lowest BCUT2D eigenvalue weighted by Gasteiger charge is -2.26. The van der Waals surface area contributed by atoms with Gasteiger partial charge in [0.05, 0.1) is 18.6 Å². The van der Waals surface area contributed by atoms with Crippen molar-refractivity contribution in [3.8, 4) is 11.4 Å². The lowest BCUT2D eigenvalue weighted by atomic mass is 10.1. The molecule has 0 atom stereocenters. The van der Waals surface area contributed by atoms with Gasteiger partial charge in [-0.1, -0.05) is 12.1 Å². The van der Waals surface area contributed by atoms with Crippen LogP contribution in [-0.4, -0.2) is 47.3 Å². The fourth-order valence-corrected chi connectivity index (χ4v) is 2.79. The highest BCUT2D eigenvalue weighted by Gasteiger charge is 2.21. The molecule has 7 heteroatoms. The van der Waals surface area contributed by atoms with Crippen LogP contribution in [0.5, 0.6) is 0 Å². The Morgan fingerprint density at radius 1 is 1.29 bits per heavy atom. The number of ether oxygens (including phenoxy) is 1. The maximum atomic E-state index is 12.6. The molecule has 3 aromatic rings. The van der Waals surface area contributed by atoms with Gasteiger partial charge in [0.2, 0.25) is 0 Å². The molecule has 7 nitrogen and oxygen atoms in total. The summed E-state index contributed by atoms with van der Waals surface area (Å²) in [6.45, 7) is 4.33. The van der Waals surface area contributed by atoms with E-state index in [2.05, 4.69) is 10.1 Å². The first kappa shape index (κ1) is 14.9. The Morgan fingerprint density at radius 2 is 2.12 bits per heavy atom. The predicted octanol–water partition coefficient (Wildman–Crippen LogP) is 2.52. The van der Waals surface area contributed by atoms with Crippen LogP contribution >= 0.6 is 0 Å². The number of amides is 1. The predicted molar refractivity (Wildman–Crippen MR) is 85.6 cm³/mol. The van der Waals surface area contributed by atoms with Crippen LogP contribution in [0.3, 0.4) is 0 Å². The second-order valence-corrected chi connectivity index (χ2v) is 5.63. The molecule has 3 heterocycles. The van der Waals surface area contributed by atoms with Gasteiger partial charge >= 0.3 is 0 Å². The molecule has 1 aliphatic heterocycles. The average Bonchev–Trinajstić information content (AvgIpc) is 3.27. The molecule has 0 unspecified atom stereocenters. The minimum absolute atomic E-state index is 0.0123. The van der Waals surface area contributed by atoms with Gasteiger partial charge in [-0.3, -0.25) is 4.79 Å². The molecule has 24 heavy (non-hydrogen) atoms. The zero-order valence-electron chi connectivity index (χ0n) is 13.3. The van der Waals surface area contributed by atoms with Gasteiger partial charge in [-0.25, -0.2) is 4.98 Å². The lowest BCUT2D eigenvalue weighted by molar-refractivity contribution is 0.0303. The summed E-state index contributed by atoms with van der Waals surface area (Å²) in [6, 6.07) is 5.33. The molecule has 0 saturated carbocycles. The molecule has 0 N–H and O–H groups in total. The van der Waals surface area contributed by atoms with Crippen LogP contribution in [0.25, 0.3) is 22.4 Å². The van der Waals surface area contributed by atoms with E-state index >= 15 is 0 Å². The number of aryl methyl sites for hydroxylation is 1. The Morgan fingerprint density at radius 3 is 2.88 bits per heavy atom. The molecule has 0 spiro atoms. The molecule has 1 aliphatic rings. The summed E-state index contributed by atoms with van der Waals surface area (Å²) < 4.78 is 16.0. The number of carbonyl (C=O) groups excluding carboxylic acids is 1. The monoisotopic (exact) mass is 327 g/mol. The van der Waals surface area contributed by atoms with Crippen LogP contribution in [0.4, 0.5) is 0 Å². The molecule has 0 radical (unpaired) electrons. The van der Waals surface area contributed by atoms with E-state index in [4.69, 9.17) is 13.7 Å². The number of aromatic nitrogens is 2. The fraction of sp³-hybridized carbons (Fsp3) is 0.353. The number of carbonyl (C=O) groups is 1.